The number of carbonyl (C=O) groups is 1. The minimum Gasteiger partial charge on any atom is -0.341 e. The average molecular weight is 218 g/mol. The van der Waals surface area contributed by atoms with E-state index in [0.29, 0.717) is 6.54 Å². The third kappa shape index (κ3) is 4.07. The van der Waals surface area contributed by atoms with Gasteiger partial charge in [0.05, 0.1) is 6.54 Å². The van der Waals surface area contributed by atoms with Crippen LogP contribution in [0, 0.1) is 0 Å². The summed E-state index contributed by atoms with van der Waals surface area (Å²) in [5.41, 5.74) is 1.08. The van der Waals surface area contributed by atoms with Crippen LogP contribution in [0.25, 0.3) is 0 Å². The zero-order valence-corrected chi connectivity index (χ0v) is 9.22. The van der Waals surface area contributed by atoms with E-state index in [1.807, 2.05) is 30.3 Å². The summed E-state index contributed by atoms with van der Waals surface area (Å²) in [6.07, 6.45) is 1.66. The van der Waals surface area contributed by atoms with Gasteiger partial charge in [0.1, 0.15) is 0 Å². The van der Waals surface area contributed by atoms with Crippen LogP contribution in [0.1, 0.15) is 12.0 Å². The zero-order valence-electron chi connectivity index (χ0n) is 9.22. The lowest BCUT2D eigenvalue weighted by Crippen LogP contribution is -2.26. The van der Waals surface area contributed by atoms with Crippen molar-refractivity contribution >= 4 is 12.0 Å². The SMILES string of the molecule is CN(Cc1ccccc1)C(=O)CCN=C=O. The molecule has 4 heteroatoms. The number of rotatable bonds is 5. The molecular formula is C12H14N2O2. The van der Waals surface area contributed by atoms with E-state index in [2.05, 4.69) is 4.99 Å². The summed E-state index contributed by atoms with van der Waals surface area (Å²) >= 11 is 0. The van der Waals surface area contributed by atoms with Crippen LogP contribution in [0.2, 0.25) is 0 Å². The summed E-state index contributed by atoms with van der Waals surface area (Å²) < 4.78 is 0. The Morgan fingerprint density at radius 1 is 1.38 bits per heavy atom. The first-order chi connectivity index (χ1) is 7.74. The second-order valence-corrected chi connectivity index (χ2v) is 3.46. The quantitative estimate of drug-likeness (QED) is 0.553. The van der Waals surface area contributed by atoms with Crippen LogP contribution in [0.3, 0.4) is 0 Å². The maximum atomic E-state index is 11.6. The molecule has 4 nitrogen and oxygen atoms in total. The molecule has 0 fully saturated rings. The molecule has 84 valence electrons. The number of benzene rings is 1. The van der Waals surface area contributed by atoms with Crippen LogP contribution < -0.4 is 0 Å². The zero-order chi connectivity index (χ0) is 11.8. The number of aliphatic imine (C=N–C) groups is 1. The Balaban J connectivity index is 2.43. The van der Waals surface area contributed by atoms with Crippen LogP contribution in [-0.2, 0) is 16.1 Å². The van der Waals surface area contributed by atoms with Crippen molar-refractivity contribution in [2.24, 2.45) is 4.99 Å². The Morgan fingerprint density at radius 2 is 2.06 bits per heavy atom. The fraction of sp³-hybridized carbons (Fsp3) is 0.333. The Bertz CT molecular complexity index is 383. The molecule has 0 aliphatic carbocycles. The van der Waals surface area contributed by atoms with Gasteiger partial charge in [-0.2, -0.15) is 0 Å². The van der Waals surface area contributed by atoms with Gasteiger partial charge < -0.3 is 4.90 Å². The van der Waals surface area contributed by atoms with Crippen LogP contribution in [0.4, 0.5) is 0 Å². The van der Waals surface area contributed by atoms with Gasteiger partial charge in [-0.25, -0.2) is 9.79 Å². The van der Waals surface area contributed by atoms with Crippen molar-refractivity contribution in [1.82, 2.24) is 4.90 Å². The third-order valence-corrected chi connectivity index (χ3v) is 2.19. The molecule has 0 spiro atoms. The van der Waals surface area contributed by atoms with E-state index in [9.17, 15) is 9.59 Å². The highest BCUT2D eigenvalue weighted by Crippen LogP contribution is 2.03. The van der Waals surface area contributed by atoms with E-state index < -0.39 is 0 Å². The molecule has 0 bridgehead atoms. The van der Waals surface area contributed by atoms with Crippen LogP contribution in [-0.4, -0.2) is 30.5 Å². The van der Waals surface area contributed by atoms with Gasteiger partial charge in [-0.15, -0.1) is 0 Å². The largest absolute Gasteiger partial charge is 0.341 e. The van der Waals surface area contributed by atoms with Gasteiger partial charge in [0.15, 0.2) is 0 Å². The number of carbonyl (C=O) groups excluding carboxylic acids is 2. The monoisotopic (exact) mass is 218 g/mol. The highest BCUT2D eigenvalue weighted by atomic mass is 16.2. The molecule has 0 heterocycles. The van der Waals surface area contributed by atoms with Crippen LogP contribution >= 0.6 is 0 Å². The Hall–Kier alpha value is -1.93. The molecule has 16 heavy (non-hydrogen) atoms. The highest BCUT2D eigenvalue weighted by molar-refractivity contribution is 5.76. The van der Waals surface area contributed by atoms with Gasteiger partial charge in [-0.05, 0) is 5.56 Å². The smallest absolute Gasteiger partial charge is 0.234 e. The van der Waals surface area contributed by atoms with Crippen molar-refractivity contribution in [3.05, 3.63) is 35.9 Å². The van der Waals surface area contributed by atoms with E-state index in [-0.39, 0.29) is 18.9 Å². The van der Waals surface area contributed by atoms with E-state index >= 15 is 0 Å². The van der Waals surface area contributed by atoms with Crippen molar-refractivity contribution in [3.8, 4) is 0 Å². The molecule has 0 aliphatic rings. The number of hydrogen-bond acceptors (Lipinski definition) is 3. The first kappa shape index (κ1) is 12.1. The van der Waals surface area contributed by atoms with Crippen LogP contribution in [0.15, 0.2) is 35.3 Å². The van der Waals surface area contributed by atoms with Crippen molar-refractivity contribution in [2.75, 3.05) is 13.6 Å². The lowest BCUT2D eigenvalue weighted by atomic mass is 10.2. The highest BCUT2D eigenvalue weighted by Gasteiger charge is 2.07. The standard InChI is InChI=1S/C12H14N2O2/c1-14(12(16)7-8-13-10-15)9-11-5-3-2-4-6-11/h2-6H,7-9H2,1H3. The van der Waals surface area contributed by atoms with Crippen molar-refractivity contribution < 1.29 is 9.59 Å². The normalized spacial score (nSPS) is 9.31. The summed E-state index contributed by atoms with van der Waals surface area (Å²) in [5, 5.41) is 0. The molecule has 0 saturated heterocycles. The minimum atomic E-state index is -0.0251. The fourth-order valence-electron chi connectivity index (χ4n) is 1.33. The molecule has 1 aromatic carbocycles. The second kappa shape index (κ2) is 6.53. The molecule has 0 N–H and O–H groups in total. The van der Waals surface area contributed by atoms with E-state index in [1.165, 1.54) is 6.08 Å². The molecule has 0 saturated carbocycles. The Kier molecular flexibility index (Phi) is 4.96. The van der Waals surface area contributed by atoms with Gasteiger partial charge in [0, 0.05) is 20.0 Å². The molecule has 1 aromatic rings. The lowest BCUT2D eigenvalue weighted by molar-refractivity contribution is -0.130. The molecule has 0 radical (unpaired) electrons. The van der Waals surface area contributed by atoms with Gasteiger partial charge in [-0.3, -0.25) is 4.79 Å². The fourth-order valence-corrected chi connectivity index (χ4v) is 1.33. The summed E-state index contributed by atoms with van der Waals surface area (Å²) in [6.45, 7) is 0.784. The summed E-state index contributed by atoms with van der Waals surface area (Å²) in [7, 11) is 1.74. The Labute approximate surface area is 94.6 Å². The number of amides is 1. The van der Waals surface area contributed by atoms with Crippen molar-refractivity contribution in [1.29, 1.82) is 0 Å². The third-order valence-electron chi connectivity index (χ3n) is 2.19. The number of hydrogen-bond donors (Lipinski definition) is 0. The molecule has 1 rings (SSSR count). The van der Waals surface area contributed by atoms with E-state index in [4.69, 9.17) is 0 Å². The van der Waals surface area contributed by atoms with E-state index in [0.717, 1.165) is 5.56 Å². The predicted octanol–water partition coefficient (Wildman–Crippen LogP) is 1.37. The van der Waals surface area contributed by atoms with Gasteiger partial charge in [0.2, 0.25) is 12.0 Å². The minimum absolute atomic E-state index is 0.0251. The lowest BCUT2D eigenvalue weighted by Gasteiger charge is -2.16. The van der Waals surface area contributed by atoms with Gasteiger partial charge >= 0.3 is 0 Å². The molecular weight excluding hydrogens is 204 g/mol. The first-order valence-corrected chi connectivity index (χ1v) is 5.05. The number of nitrogens with zero attached hydrogens (tertiary/aromatic N) is 2. The Morgan fingerprint density at radius 3 is 2.69 bits per heavy atom. The van der Waals surface area contributed by atoms with Crippen molar-refractivity contribution in [3.63, 3.8) is 0 Å². The molecule has 0 aliphatic heterocycles. The summed E-state index contributed by atoms with van der Waals surface area (Å²) in [6, 6.07) is 9.74. The topological polar surface area (TPSA) is 49.7 Å². The summed E-state index contributed by atoms with van der Waals surface area (Å²) in [5.74, 6) is -0.0251. The molecule has 0 aromatic heterocycles. The second-order valence-electron chi connectivity index (χ2n) is 3.46. The maximum absolute atomic E-state index is 11.6. The average Bonchev–Trinajstić information content (AvgIpc) is 2.30. The number of isocyanates is 1. The van der Waals surface area contributed by atoms with Gasteiger partial charge in [-0.1, -0.05) is 30.3 Å². The maximum Gasteiger partial charge on any atom is 0.234 e. The van der Waals surface area contributed by atoms with E-state index in [1.54, 1.807) is 11.9 Å². The molecule has 0 atom stereocenters. The van der Waals surface area contributed by atoms with Crippen LogP contribution in [0.5, 0.6) is 0 Å². The van der Waals surface area contributed by atoms with Crippen molar-refractivity contribution in [2.45, 2.75) is 13.0 Å². The summed E-state index contributed by atoms with van der Waals surface area (Å²) in [4.78, 5) is 26.4. The van der Waals surface area contributed by atoms with Gasteiger partial charge in [0.25, 0.3) is 0 Å². The molecule has 1 amide bonds. The predicted molar refractivity (Wildman–Crippen MR) is 60.5 cm³/mol. The first-order valence-electron chi connectivity index (χ1n) is 5.05. The molecule has 0 unspecified atom stereocenters.